The number of methoxy groups -OCH3 is 1. The molecule has 0 saturated carbocycles. The maximum Gasteiger partial charge on any atom is 0.338 e. The van der Waals surface area contributed by atoms with Gasteiger partial charge in [0.2, 0.25) is 0 Å². The van der Waals surface area contributed by atoms with Gasteiger partial charge in [-0.1, -0.05) is 12.1 Å². The summed E-state index contributed by atoms with van der Waals surface area (Å²) in [7, 11) is 1.57. The third-order valence-corrected chi connectivity index (χ3v) is 4.71. The molecule has 0 spiro atoms. The molecule has 1 atom stereocenters. The first kappa shape index (κ1) is 20.8. The van der Waals surface area contributed by atoms with E-state index >= 15 is 0 Å². The van der Waals surface area contributed by atoms with Crippen LogP contribution in [0.5, 0.6) is 5.75 Å². The number of esters is 1. The zero-order valence-corrected chi connectivity index (χ0v) is 16.7. The van der Waals surface area contributed by atoms with Crippen LogP contribution in [0.3, 0.4) is 0 Å². The Hall–Kier alpha value is -2.90. The number of carbonyl (C=O) groups is 2. The SMILES string of the molecule is COc1ccc(NC(=O)[C@H](C)OC(=O)c2ccc(CN3CCOCC3)cc2)cc1. The lowest BCUT2D eigenvalue weighted by Crippen LogP contribution is -2.35. The van der Waals surface area contributed by atoms with Gasteiger partial charge in [-0.25, -0.2) is 4.79 Å². The predicted molar refractivity (Wildman–Crippen MR) is 109 cm³/mol. The van der Waals surface area contributed by atoms with Gasteiger partial charge in [0.25, 0.3) is 5.91 Å². The highest BCUT2D eigenvalue weighted by molar-refractivity contribution is 5.97. The number of nitrogens with zero attached hydrogens (tertiary/aromatic N) is 1. The van der Waals surface area contributed by atoms with Crippen molar-refractivity contribution in [3.63, 3.8) is 0 Å². The first-order chi connectivity index (χ1) is 14.0. The van der Waals surface area contributed by atoms with Gasteiger partial charge in [0.1, 0.15) is 5.75 Å². The molecular weight excluding hydrogens is 372 g/mol. The Labute approximate surface area is 170 Å². The summed E-state index contributed by atoms with van der Waals surface area (Å²) in [6.45, 7) is 5.68. The van der Waals surface area contributed by atoms with Crippen molar-refractivity contribution >= 4 is 17.6 Å². The third kappa shape index (κ3) is 6.04. The topological polar surface area (TPSA) is 77.1 Å². The second-order valence-corrected chi connectivity index (χ2v) is 6.85. The lowest BCUT2D eigenvalue weighted by atomic mass is 10.1. The van der Waals surface area contributed by atoms with Crippen molar-refractivity contribution in [1.82, 2.24) is 4.90 Å². The molecule has 1 saturated heterocycles. The molecule has 0 unspecified atom stereocenters. The number of ether oxygens (including phenoxy) is 3. The molecule has 7 heteroatoms. The van der Waals surface area contributed by atoms with Gasteiger partial charge in [-0.2, -0.15) is 0 Å². The van der Waals surface area contributed by atoms with Gasteiger partial charge in [0.15, 0.2) is 6.10 Å². The van der Waals surface area contributed by atoms with Crippen LogP contribution in [-0.2, 0) is 20.8 Å². The van der Waals surface area contributed by atoms with Crippen LogP contribution < -0.4 is 10.1 Å². The molecule has 7 nitrogen and oxygen atoms in total. The first-order valence-corrected chi connectivity index (χ1v) is 9.60. The predicted octanol–water partition coefficient (Wildman–Crippen LogP) is 2.71. The Morgan fingerprint density at radius 3 is 2.34 bits per heavy atom. The van der Waals surface area contributed by atoms with E-state index in [0.29, 0.717) is 17.0 Å². The standard InChI is InChI=1S/C22H26N2O5/c1-16(21(25)23-19-7-9-20(27-2)10-8-19)29-22(26)18-5-3-17(4-6-18)15-24-11-13-28-14-12-24/h3-10,16H,11-15H2,1-2H3,(H,23,25)/t16-/m0/s1. The van der Waals surface area contributed by atoms with E-state index in [9.17, 15) is 9.59 Å². The average Bonchev–Trinajstić information content (AvgIpc) is 2.75. The van der Waals surface area contributed by atoms with Crippen molar-refractivity contribution in [2.75, 3.05) is 38.7 Å². The van der Waals surface area contributed by atoms with Crippen LogP contribution in [-0.4, -0.2) is 56.3 Å². The van der Waals surface area contributed by atoms with Crippen molar-refractivity contribution in [2.45, 2.75) is 19.6 Å². The molecule has 0 bridgehead atoms. The van der Waals surface area contributed by atoms with E-state index in [1.807, 2.05) is 12.1 Å². The van der Waals surface area contributed by atoms with Crippen molar-refractivity contribution in [1.29, 1.82) is 0 Å². The Morgan fingerprint density at radius 2 is 1.72 bits per heavy atom. The van der Waals surface area contributed by atoms with Crippen LogP contribution in [0.25, 0.3) is 0 Å². The quantitative estimate of drug-likeness (QED) is 0.723. The molecule has 154 valence electrons. The van der Waals surface area contributed by atoms with Crippen LogP contribution in [0.2, 0.25) is 0 Å². The second-order valence-electron chi connectivity index (χ2n) is 6.85. The largest absolute Gasteiger partial charge is 0.497 e. The monoisotopic (exact) mass is 398 g/mol. The molecule has 3 rings (SSSR count). The molecule has 1 fully saturated rings. The number of hydrogen-bond acceptors (Lipinski definition) is 6. The van der Waals surface area contributed by atoms with Crippen LogP contribution in [0.4, 0.5) is 5.69 Å². The number of amides is 1. The van der Waals surface area contributed by atoms with E-state index in [0.717, 1.165) is 38.4 Å². The molecule has 1 heterocycles. The van der Waals surface area contributed by atoms with Gasteiger partial charge >= 0.3 is 5.97 Å². The van der Waals surface area contributed by atoms with Gasteiger partial charge in [-0.05, 0) is 48.9 Å². The average molecular weight is 398 g/mol. The molecule has 1 aliphatic rings. The number of rotatable bonds is 7. The maximum absolute atomic E-state index is 12.4. The Kier molecular flexibility index (Phi) is 7.21. The van der Waals surface area contributed by atoms with Crippen molar-refractivity contribution in [3.05, 3.63) is 59.7 Å². The van der Waals surface area contributed by atoms with Crippen molar-refractivity contribution < 1.29 is 23.8 Å². The smallest absolute Gasteiger partial charge is 0.338 e. The highest BCUT2D eigenvalue weighted by atomic mass is 16.5. The fraction of sp³-hybridized carbons (Fsp3) is 0.364. The third-order valence-electron chi connectivity index (χ3n) is 4.71. The minimum absolute atomic E-state index is 0.396. The molecule has 0 aromatic heterocycles. The molecular formula is C22H26N2O5. The van der Waals surface area contributed by atoms with Crippen molar-refractivity contribution in [2.24, 2.45) is 0 Å². The van der Waals surface area contributed by atoms with Gasteiger partial charge in [0, 0.05) is 25.3 Å². The minimum atomic E-state index is -0.919. The maximum atomic E-state index is 12.4. The Balaban J connectivity index is 1.50. The molecule has 1 N–H and O–H groups in total. The number of hydrogen-bond donors (Lipinski definition) is 1. The number of benzene rings is 2. The van der Waals surface area contributed by atoms with Crippen molar-refractivity contribution in [3.8, 4) is 5.75 Å². The van der Waals surface area contributed by atoms with Crippen LogP contribution in [0.1, 0.15) is 22.8 Å². The summed E-state index contributed by atoms with van der Waals surface area (Å²) in [5.74, 6) is -0.229. The number of morpholine rings is 1. The lowest BCUT2D eigenvalue weighted by molar-refractivity contribution is -0.123. The molecule has 0 radical (unpaired) electrons. The van der Waals surface area contributed by atoms with E-state index in [1.165, 1.54) is 0 Å². The van der Waals surface area contributed by atoms with E-state index in [2.05, 4.69) is 10.2 Å². The van der Waals surface area contributed by atoms with Gasteiger partial charge in [-0.3, -0.25) is 9.69 Å². The zero-order chi connectivity index (χ0) is 20.6. The van der Waals surface area contributed by atoms with Gasteiger partial charge in [-0.15, -0.1) is 0 Å². The van der Waals surface area contributed by atoms with Gasteiger partial charge in [0.05, 0.1) is 25.9 Å². The van der Waals surface area contributed by atoms with Crippen LogP contribution >= 0.6 is 0 Å². The highest BCUT2D eigenvalue weighted by Crippen LogP contribution is 2.16. The van der Waals surface area contributed by atoms with Crippen LogP contribution in [0.15, 0.2) is 48.5 Å². The summed E-state index contributed by atoms with van der Waals surface area (Å²) in [6.07, 6.45) is -0.919. The van der Waals surface area contributed by atoms with E-state index < -0.39 is 18.0 Å². The lowest BCUT2D eigenvalue weighted by Gasteiger charge is -2.26. The molecule has 1 amide bonds. The van der Waals surface area contributed by atoms with E-state index in [1.54, 1.807) is 50.4 Å². The summed E-state index contributed by atoms with van der Waals surface area (Å²) in [6, 6.07) is 14.2. The number of anilines is 1. The zero-order valence-electron chi connectivity index (χ0n) is 16.7. The molecule has 1 aliphatic heterocycles. The summed E-state index contributed by atoms with van der Waals surface area (Å²) >= 11 is 0. The first-order valence-electron chi connectivity index (χ1n) is 9.60. The normalized spacial score (nSPS) is 15.4. The number of carbonyl (C=O) groups excluding carboxylic acids is 2. The number of nitrogens with one attached hydrogen (secondary N) is 1. The minimum Gasteiger partial charge on any atom is -0.497 e. The van der Waals surface area contributed by atoms with Crippen LogP contribution in [0, 0.1) is 0 Å². The molecule has 0 aliphatic carbocycles. The van der Waals surface area contributed by atoms with Gasteiger partial charge < -0.3 is 19.5 Å². The summed E-state index contributed by atoms with van der Waals surface area (Å²) in [5.41, 5.74) is 2.14. The Morgan fingerprint density at radius 1 is 1.07 bits per heavy atom. The fourth-order valence-corrected chi connectivity index (χ4v) is 2.96. The molecule has 2 aromatic carbocycles. The second kappa shape index (κ2) is 10.0. The highest BCUT2D eigenvalue weighted by Gasteiger charge is 2.19. The fourth-order valence-electron chi connectivity index (χ4n) is 2.96. The summed E-state index contributed by atoms with van der Waals surface area (Å²) in [5, 5.41) is 2.72. The summed E-state index contributed by atoms with van der Waals surface area (Å²) < 4.78 is 15.7. The molecule has 29 heavy (non-hydrogen) atoms. The van der Waals surface area contributed by atoms with E-state index in [-0.39, 0.29) is 0 Å². The Bertz CT molecular complexity index is 814. The molecule has 2 aromatic rings. The summed E-state index contributed by atoms with van der Waals surface area (Å²) in [4.78, 5) is 26.9. The van der Waals surface area contributed by atoms with E-state index in [4.69, 9.17) is 14.2 Å².